The SMILES string of the molecule is CC(C)COC(C)[C@H](N)C(=O)OCc1ccccc1. The Kier molecular flexibility index (Phi) is 6.53. The van der Waals surface area contributed by atoms with Crippen LogP contribution in [0.2, 0.25) is 0 Å². The van der Waals surface area contributed by atoms with E-state index in [9.17, 15) is 4.79 Å². The van der Waals surface area contributed by atoms with E-state index in [1.54, 1.807) is 6.92 Å². The summed E-state index contributed by atoms with van der Waals surface area (Å²) in [7, 11) is 0. The van der Waals surface area contributed by atoms with Crippen LogP contribution in [0.4, 0.5) is 0 Å². The lowest BCUT2D eigenvalue weighted by Crippen LogP contribution is -2.43. The van der Waals surface area contributed by atoms with Gasteiger partial charge in [0.1, 0.15) is 12.6 Å². The van der Waals surface area contributed by atoms with Crippen LogP contribution < -0.4 is 5.73 Å². The highest BCUT2D eigenvalue weighted by molar-refractivity contribution is 5.76. The van der Waals surface area contributed by atoms with Crippen molar-refractivity contribution in [1.29, 1.82) is 0 Å². The monoisotopic (exact) mass is 265 g/mol. The molecule has 1 unspecified atom stereocenters. The molecule has 0 spiro atoms. The number of ether oxygens (including phenoxy) is 2. The summed E-state index contributed by atoms with van der Waals surface area (Å²) in [5.41, 5.74) is 6.75. The first-order valence-corrected chi connectivity index (χ1v) is 6.58. The fourth-order valence-electron chi connectivity index (χ4n) is 1.46. The fraction of sp³-hybridized carbons (Fsp3) is 0.533. The van der Waals surface area contributed by atoms with Crippen molar-refractivity contribution in [1.82, 2.24) is 0 Å². The smallest absolute Gasteiger partial charge is 0.325 e. The summed E-state index contributed by atoms with van der Waals surface area (Å²) in [6.07, 6.45) is -0.342. The van der Waals surface area contributed by atoms with Gasteiger partial charge in [-0.25, -0.2) is 0 Å². The van der Waals surface area contributed by atoms with Gasteiger partial charge in [-0.15, -0.1) is 0 Å². The Morgan fingerprint density at radius 1 is 1.21 bits per heavy atom. The maximum absolute atomic E-state index is 11.8. The maximum Gasteiger partial charge on any atom is 0.325 e. The number of carbonyl (C=O) groups is 1. The third-order valence-corrected chi connectivity index (χ3v) is 2.69. The van der Waals surface area contributed by atoms with Gasteiger partial charge in [-0.3, -0.25) is 4.79 Å². The topological polar surface area (TPSA) is 61.5 Å². The van der Waals surface area contributed by atoms with Crippen LogP contribution in [-0.2, 0) is 20.9 Å². The third-order valence-electron chi connectivity index (χ3n) is 2.69. The van der Waals surface area contributed by atoms with E-state index in [2.05, 4.69) is 0 Å². The highest BCUT2D eigenvalue weighted by Crippen LogP contribution is 2.05. The molecule has 4 nitrogen and oxygen atoms in total. The van der Waals surface area contributed by atoms with E-state index in [4.69, 9.17) is 15.2 Å². The van der Waals surface area contributed by atoms with Crippen LogP contribution >= 0.6 is 0 Å². The van der Waals surface area contributed by atoms with E-state index in [-0.39, 0.29) is 12.7 Å². The standard InChI is InChI=1S/C15H23NO3/c1-11(2)9-18-12(3)14(16)15(17)19-10-13-7-5-4-6-8-13/h4-8,11-12,14H,9-10,16H2,1-3H3/t12?,14-/m0/s1. The molecule has 0 aliphatic carbocycles. The second-order valence-corrected chi connectivity index (χ2v) is 5.05. The number of benzene rings is 1. The fourth-order valence-corrected chi connectivity index (χ4v) is 1.46. The van der Waals surface area contributed by atoms with Crippen molar-refractivity contribution in [2.24, 2.45) is 11.7 Å². The van der Waals surface area contributed by atoms with E-state index >= 15 is 0 Å². The summed E-state index contributed by atoms with van der Waals surface area (Å²) in [5, 5.41) is 0. The maximum atomic E-state index is 11.8. The number of esters is 1. The second kappa shape index (κ2) is 7.92. The van der Waals surface area contributed by atoms with E-state index < -0.39 is 12.0 Å². The summed E-state index contributed by atoms with van der Waals surface area (Å²) in [5.74, 6) is -0.0184. The molecule has 4 heteroatoms. The van der Waals surface area contributed by atoms with E-state index in [0.29, 0.717) is 12.5 Å². The summed E-state index contributed by atoms with van der Waals surface area (Å²) >= 11 is 0. The van der Waals surface area contributed by atoms with Gasteiger partial charge in [0.05, 0.1) is 6.10 Å². The van der Waals surface area contributed by atoms with E-state index in [1.807, 2.05) is 44.2 Å². The zero-order valence-corrected chi connectivity index (χ0v) is 11.8. The molecule has 0 saturated carbocycles. The molecule has 1 rings (SSSR count). The van der Waals surface area contributed by atoms with Crippen LogP contribution in [0.3, 0.4) is 0 Å². The molecule has 0 fully saturated rings. The van der Waals surface area contributed by atoms with Crippen LogP contribution in [0.25, 0.3) is 0 Å². The van der Waals surface area contributed by atoms with Gasteiger partial charge in [0.2, 0.25) is 0 Å². The van der Waals surface area contributed by atoms with Crippen LogP contribution in [0.1, 0.15) is 26.3 Å². The number of hydrogen-bond donors (Lipinski definition) is 1. The van der Waals surface area contributed by atoms with Gasteiger partial charge >= 0.3 is 5.97 Å². The van der Waals surface area contributed by atoms with Crippen LogP contribution in [0.5, 0.6) is 0 Å². The van der Waals surface area contributed by atoms with Gasteiger partial charge < -0.3 is 15.2 Å². The van der Waals surface area contributed by atoms with Gasteiger partial charge in [0.25, 0.3) is 0 Å². The minimum atomic E-state index is -0.748. The first kappa shape index (κ1) is 15.7. The summed E-state index contributed by atoms with van der Waals surface area (Å²) in [6.45, 7) is 6.71. The predicted molar refractivity (Wildman–Crippen MR) is 74.5 cm³/mol. The summed E-state index contributed by atoms with van der Waals surface area (Å²) in [6, 6.07) is 8.77. The highest BCUT2D eigenvalue weighted by Gasteiger charge is 2.23. The van der Waals surface area contributed by atoms with E-state index in [0.717, 1.165) is 5.56 Å². The molecule has 106 valence electrons. The van der Waals surface area contributed by atoms with Crippen molar-refractivity contribution in [3.63, 3.8) is 0 Å². The molecule has 1 aromatic carbocycles. The lowest BCUT2D eigenvalue weighted by Gasteiger charge is -2.20. The van der Waals surface area contributed by atoms with Crippen molar-refractivity contribution in [3.05, 3.63) is 35.9 Å². The molecule has 0 saturated heterocycles. The average molecular weight is 265 g/mol. The van der Waals surface area contributed by atoms with Crippen molar-refractivity contribution >= 4 is 5.97 Å². The predicted octanol–water partition coefficient (Wildman–Crippen LogP) is 2.12. The minimum absolute atomic E-state index is 0.240. The van der Waals surface area contributed by atoms with Gasteiger partial charge in [-0.05, 0) is 18.4 Å². The molecule has 1 aromatic rings. The van der Waals surface area contributed by atoms with Crippen molar-refractivity contribution in [2.45, 2.75) is 39.5 Å². The van der Waals surface area contributed by atoms with Crippen LogP contribution in [0, 0.1) is 5.92 Å². The third kappa shape index (κ3) is 5.85. The Hall–Kier alpha value is -1.39. The Labute approximate surface area is 114 Å². The summed E-state index contributed by atoms with van der Waals surface area (Å²) < 4.78 is 10.7. The Morgan fingerprint density at radius 2 is 1.84 bits per heavy atom. The van der Waals surface area contributed by atoms with Crippen molar-refractivity contribution < 1.29 is 14.3 Å². The molecule has 19 heavy (non-hydrogen) atoms. The van der Waals surface area contributed by atoms with Gasteiger partial charge in [-0.2, -0.15) is 0 Å². The molecule has 0 amide bonds. The van der Waals surface area contributed by atoms with Crippen molar-refractivity contribution in [3.8, 4) is 0 Å². The molecule has 0 aliphatic rings. The largest absolute Gasteiger partial charge is 0.460 e. The molecule has 2 atom stereocenters. The molecule has 0 aromatic heterocycles. The molecule has 0 radical (unpaired) electrons. The number of hydrogen-bond acceptors (Lipinski definition) is 4. The first-order valence-electron chi connectivity index (χ1n) is 6.58. The quantitative estimate of drug-likeness (QED) is 0.767. The Balaban J connectivity index is 2.36. The number of carbonyl (C=O) groups excluding carboxylic acids is 1. The average Bonchev–Trinajstić information content (AvgIpc) is 2.42. The molecular formula is C15H23NO3. The normalized spacial score (nSPS) is 14.2. The molecule has 0 bridgehead atoms. The lowest BCUT2D eigenvalue weighted by molar-refractivity contribution is -0.150. The van der Waals surface area contributed by atoms with Crippen LogP contribution in [-0.4, -0.2) is 24.7 Å². The Morgan fingerprint density at radius 3 is 2.42 bits per heavy atom. The molecule has 0 heterocycles. The van der Waals surface area contributed by atoms with Gasteiger partial charge in [0, 0.05) is 6.61 Å². The first-order chi connectivity index (χ1) is 9.00. The zero-order valence-electron chi connectivity index (χ0n) is 11.8. The van der Waals surface area contributed by atoms with Gasteiger partial charge in [0.15, 0.2) is 0 Å². The van der Waals surface area contributed by atoms with E-state index in [1.165, 1.54) is 0 Å². The van der Waals surface area contributed by atoms with Crippen LogP contribution in [0.15, 0.2) is 30.3 Å². The Bertz CT molecular complexity index is 378. The zero-order chi connectivity index (χ0) is 14.3. The minimum Gasteiger partial charge on any atom is -0.460 e. The lowest BCUT2D eigenvalue weighted by atomic mass is 10.2. The summed E-state index contributed by atoms with van der Waals surface area (Å²) in [4.78, 5) is 11.8. The molecular weight excluding hydrogens is 242 g/mol. The highest BCUT2D eigenvalue weighted by atomic mass is 16.5. The molecule has 2 N–H and O–H groups in total. The van der Waals surface area contributed by atoms with Gasteiger partial charge in [-0.1, -0.05) is 44.2 Å². The number of rotatable bonds is 7. The second-order valence-electron chi connectivity index (χ2n) is 5.05. The van der Waals surface area contributed by atoms with Crippen molar-refractivity contribution in [2.75, 3.05) is 6.61 Å². The molecule has 0 aliphatic heterocycles. The number of nitrogens with two attached hydrogens (primary N) is 1.